The number of aromatic hydroxyl groups is 1. The maximum Gasteiger partial charge on any atom is 0.414 e. The molecule has 1 amide bonds. The van der Waals surface area contributed by atoms with Gasteiger partial charge in [-0.15, -0.1) is 0 Å². The molecule has 7 nitrogen and oxygen atoms in total. The predicted molar refractivity (Wildman–Crippen MR) is 107 cm³/mol. The molecule has 2 N–H and O–H groups in total. The van der Waals surface area contributed by atoms with Crippen LogP contribution < -0.4 is 4.90 Å². The third kappa shape index (κ3) is 4.35. The molecule has 152 valence electrons. The van der Waals surface area contributed by atoms with Gasteiger partial charge in [0.2, 0.25) is 0 Å². The fourth-order valence-corrected chi connectivity index (χ4v) is 4.12. The molecule has 7 heteroatoms. The van der Waals surface area contributed by atoms with Gasteiger partial charge in [-0.1, -0.05) is 12.1 Å². The number of fused-ring (bicyclic) bond motifs is 3. The zero-order chi connectivity index (χ0) is 20.4. The number of hydrogen-bond donors (Lipinski definition) is 2. The average molecular weight is 396 g/mol. The van der Waals surface area contributed by atoms with E-state index in [-0.39, 0.29) is 24.0 Å². The summed E-state index contributed by atoms with van der Waals surface area (Å²) in [5.74, 6) is -0.522. The molecule has 0 spiro atoms. The third-order valence-electron chi connectivity index (χ3n) is 5.74. The zero-order valence-electron chi connectivity index (χ0n) is 16.0. The molecule has 3 aliphatic rings. The lowest BCUT2D eigenvalue weighted by Crippen LogP contribution is -2.53. The zero-order valence-corrected chi connectivity index (χ0v) is 16.0. The van der Waals surface area contributed by atoms with Crippen molar-refractivity contribution < 1.29 is 24.5 Å². The Morgan fingerprint density at radius 2 is 1.83 bits per heavy atom. The first kappa shape index (κ1) is 19.3. The lowest BCUT2D eigenvalue weighted by Gasteiger charge is -2.44. The molecule has 2 aromatic rings. The standard InChI is InChI=1S/C22H24N2O5/c25-19-6-4-18(5-7-19)24(13-15-2-1-3-17(12-15)21(26)27)22(28)29-20-14-23-10-8-16(20)9-11-23/h1-7,12,16,20,25H,8-11,13-14H2,(H,26,27)/t20-/m0/s1. The summed E-state index contributed by atoms with van der Waals surface area (Å²) < 4.78 is 5.89. The van der Waals surface area contributed by atoms with Crippen molar-refractivity contribution in [1.82, 2.24) is 4.90 Å². The van der Waals surface area contributed by atoms with Crippen molar-refractivity contribution >= 4 is 17.7 Å². The van der Waals surface area contributed by atoms with Gasteiger partial charge < -0.3 is 14.9 Å². The monoisotopic (exact) mass is 396 g/mol. The maximum atomic E-state index is 13.1. The van der Waals surface area contributed by atoms with Crippen LogP contribution in [0.2, 0.25) is 0 Å². The molecule has 1 atom stereocenters. The van der Waals surface area contributed by atoms with E-state index in [1.807, 2.05) is 0 Å². The fraction of sp³-hybridized carbons (Fsp3) is 0.364. The molecule has 0 aromatic heterocycles. The summed E-state index contributed by atoms with van der Waals surface area (Å²) in [6.07, 6.45) is 1.49. The van der Waals surface area contributed by atoms with E-state index in [0.29, 0.717) is 17.2 Å². The number of ether oxygens (including phenoxy) is 1. The van der Waals surface area contributed by atoms with Crippen molar-refractivity contribution in [2.75, 3.05) is 24.5 Å². The minimum absolute atomic E-state index is 0.104. The number of benzene rings is 2. The number of aromatic carboxylic acids is 1. The summed E-state index contributed by atoms with van der Waals surface area (Å²) in [6.45, 7) is 3.05. The van der Waals surface area contributed by atoms with E-state index in [9.17, 15) is 19.8 Å². The second kappa shape index (κ2) is 8.13. The minimum Gasteiger partial charge on any atom is -0.508 e. The highest BCUT2D eigenvalue weighted by atomic mass is 16.6. The molecule has 3 saturated heterocycles. The number of piperidine rings is 3. The Morgan fingerprint density at radius 3 is 2.45 bits per heavy atom. The number of carbonyl (C=O) groups is 2. The van der Waals surface area contributed by atoms with E-state index < -0.39 is 12.1 Å². The van der Waals surface area contributed by atoms with Crippen molar-refractivity contribution in [3.63, 3.8) is 0 Å². The van der Waals surface area contributed by atoms with Crippen LogP contribution in [0.1, 0.15) is 28.8 Å². The number of hydrogen-bond acceptors (Lipinski definition) is 5. The lowest BCUT2D eigenvalue weighted by molar-refractivity contribution is -0.0311. The van der Waals surface area contributed by atoms with Gasteiger partial charge >= 0.3 is 12.1 Å². The predicted octanol–water partition coefficient (Wildman–Crippen LogP) is 3.33. The first-order chi connectivity index (χ1) is 14.0. The summed E-state index contributed by atoms with van der Waals surface area (Å²) in [7, 11) is 0. The van der Waals surface area contributed by atoms with Crippen molar-refractivity contribution in [2.24, 2.45) is 5.92 Å². The quantitative estimate of drug-likeness (QED) is 0.806. The molecule has 0 radical (unpaired) electrons. The normalized spacial score (nSPS) is 22.8. The van der Waals surface area contributed by atoms with Crippen LogP contribution in [-0.4, -0.2) is 52.9 Å². The number of phenolic OH excluding ortho intramolecular Hbond substituents is 1. The summed E-state index contributed by atoms with van der Waals surface area (Å²) in [5, 5.41) is 18.8. The van der Waals surface area contributed by atoms with Gasteiger partial charge in [-0.25, -0.2) is 9.59 Å². The van der Waals surface area contributed by atoms with Crippen LogP contribution in [0.15, 0.2) is 48.5 Å². The van der Waals surface area contributed by atoms with Crippen LogP contribution in [0.3, 0.4) is 0 Å². The summed E-state index contributed by atoms with van der Waals surface area (Å²) >= 11 is 0. The molecule has 0 saturated carbocycles. The van der Waals surface area contributed by atoms with Gasteiger partial charge in [0.15, 0.2) is 0 Å². The Kier molecular flexibility index (Phi) is 5.40. The van der Waals surface area contributed by atoms with Gasteiger partial charge in [0.25, 0.3) is 0 Å². The Hall–Kier alpha value is -3.06. The van der Waals surface area contributed by atoms with Crippen molar-refractivity contribution in [3.8, 4) is 5.75 Å². The number of rotatable bonds is 5. The van der Waals surface area contributed by atoms with E-state index in [1.54, 1.807) is 30.3 Å². The molecule has 5 rings (SSSR count). The van der Waals surface area contributed by atoms with Crippen molar-refractivity contribution in [3.05, 3.63) is 59.7 Å². The number of anilines is 1. The van der Waals surface area contributed by atoms with E-state index in [1.165, 1.54) is 23.1 Å². The maximum absolute atomic E-state index is 13.1. The van der Waals surface area contributed by atoms with Crippen LogP contribution in [0.5, 0.6) is 5.75 Å². The number of nitrogens with zero attached hydrogens (tertiary/aromatic N) is 2. The van der Waals surface area contributed by atoms with E-state index in [0.717, 1.165) is 32.5 Å². The smallest absolute Gasteiger partial charge is 0.414 e. The molecular formula is C22H24N2O5. The first-order valence-electron chi connectivity index (χ1n) is 9.81. The number of phenols is 1. The lowest BCUT2D eigenvalue weighted by atomic mass is 9.86. The molecule has 0 aliphatic carbocycles. The van der Waals surface area contributed by atoms with Gasteiger partial charge in [-0.2, -0.15) is 0 Å². The number of carboxylic acid groups (broad SMARTS) is 1. The molecule has 2 aromatic carbocycles. The van der Waals surface area contributed by atoms with Crippen molar-refractivity contribution in [1.29, 1.82) is 0 Å². The van der Waals surface area contributed by atoms with Gasteiger partial charge in [0.1, 0.15) is 11.9 Å². The van der Waals surface area contributed by atoms with Crippen molar-refractivity contribution in [2.45, 2.75) is 25.5 Å². The average Bonchev–Trinajstić information content (AvgIpc) is 2.74. The molecule has 29 heavy (non-hydrogen) atoms. The minimum atomic E-state index is -1.02. The summed E-state index contributed by atoms with van der Waals surface area (Å²) in [5.41, 5.74) is 1.43. The molecule has 2 bridgehead atoms. The van der Waals surface area contributed by atoms with E-state index >= 15 is 0 Å². The molecule has 3 aliphatic heterocycles. The second-order valence-electron chi connectivity index (χ2n) is 7.67. The van der Waals surface area contributed by atoms with E-state index in [2.05, 4.69) is 4.90 Å². The van der Waals surface area contributed by atoms with Gasteiger partial charge in [-0.05, 0) is 73.8 Å². The van der Waals surface area contributed by atoms with Crippen LogP contribution in [0, 0.1) is 5.92 Å². The van der Waals surface area contributed by atoms with Gasteiger partial charge in [0.05, 0.1) is 12.1 Å². The highest BCUT2D eigenvalue weighted by molar-refractivity contribution is 5.89. The second-order valence-corrected chi connectivity index (χ2v) is 7.67. The van der Waals surface area contributed by atoms with Gasteiger partial charge in [0, 0.05) is 12.2 Å². The molecular weight excluding hydrogens is 372 g/mol. The Balaban J connectivity index is 1.56. The highest BCUT2D eigenvalue weighted by Gasteiger charge is 2.37. The Bertz CT molecular complexity index is 890. The SMILES string of the molecule is O=C(O)c1cccc(CN(C(=O)O[C@H]2CN3CCC2CC3)c2ccc(O)cc2)c1. The molecule has 0 unspecified atom stereocenters. The number of amides is 1. The summed E-state index contributed by atoms with van der Waals surface area (Å²) in [6, 6.07) is 12.8. The van der Waals surface area contributed by atoms with Crippen LogP contribution in [0.25, 0.3) is 0 Å². The fourth-order valence-electron chi connectivity index (χ4n) is 4.12. The van der Waals surface area contributed by atoms with Crippen LogP contribution >= 0.6 is 0 Å². The first-order valence-corrected chi connectivity index (χ1v) is 9.81. The summed E-state index contributed by atoms with van der Waals surface area (Å²) in [4.78, 5) is 28.2. The molecule has 3 heterocycles. The Morgan fingerprint density at radius 1 is 1.10 bits per heavy atom. The van der Waals surface area contributed by atoms with Gasteiger partial charge in [-0.3, -0.25) is 9.80 Å². The topological polar surface area (TPSA) is 90.3 Å². The highest BCUT2D eigenvalue weighted by Crippen LogP contribution is 2.31. The largest absolute Gasteiger partial charge is 0.508 e. The van der Waals surface area contributed by atoms with Crippen LogP contribution in [-0.2, 0) is 11.3 Å². The Labute approximate surface area is 169 Å². The number of carboxylic acids is 1. The van der Waals surface area contributed by atoms with Crippen LogP contribution in [0.4, 0.5) is 10.5 Å². The number of carbonyl (C=O) groups excluding carboxylic acids is 1. The molecule has 3 fully saturated rings. The van der Waals surface area contributed by atoms with E-state index in [4.69, 9.17) is 4.74 Å². The third-order valence-corrected chi connectivity index (χ3v) is 5.74.